The summed E-state index contributed by atoms with van der Waals surface area (Å²) in [7, 11) is 0. The maximum atomic E-state index is 13.7. The Morgan fingerprint density at radius 1 is 0.857 bits per heavy atom. The highest BCUT2D eigenvalue weighted by molar-refractivity contribution is 6.10. The van der Waals surface area contributed by atoms with Gasteiger partial charge in [-0.25, -0.2) is 4.79 Å². The monoisotopic (exact) mass is 468 g/mol. The summed E-state index contributed by atoms with van der Waals surface area (Å²) in [6.45, 7) is 1.73. The molecule has 2 saturated heterocycles. The van der Waals surface area contributed by atoms with Crippen molar-refractivity contribution in [3.8, 4) is 0 Å². The van der Waals surface area contributed by atoms with Crippen molar-refractivity contribution in [2.75, 3.05) is 29.9 Å². The molecule has 0 bridgehead atoms. The van der Waals surface area contributed by atoms with Crippen molar-refractivity contribution in [2.45, 2.75) is 24.8 Å². The van der Waals surface area contributed by atoms with Crippen LogP contribution in [0.1, 0.15) is 24.0 Å². The van der Waals surface area contributed by atoms with Crippen LogP contribution < -0.4 is 15.5 Å². The molecule has 0 spiro atoms. The largest absolute Gasteiger partial charge is 0.372 e. The molecule has 3 aromatic carbocycles. The lowest BCUT2D eigenvalue weighted by atomic mass is 9.83. The third-order valence-corrected chi connectivity index (χ3v) is 6.68. The van der Waals surface area contributed by atoms with E-state index in [0.29, 0.717) is 17.7 Å². The standard InChI is InChI=1S/C28H28N4O3/c33-25(29-23-13-15-24(16-14-23)31-17-7-8-18-31)20-32-26(34)28(30-27(32)35,22-11-5-2-6-12-22)19-21-9-3-1-4-10-21/h1-6,9-16H,7-8,17-20H2,(H,29,33)(H,30,35). The highest BCUT2D eigenvalue weighted by atomic mass is 16.2. The van der Waals surface area contributed by atoms with Crippen LogP contribution >= 0.6 is 0 Å². The van der Waals surface area contributed by atoms with Crippen molar-refractivity contribution >= 4 is 29.2 Å². The lowest BCUT2D eigenvalue weighted by Crippen LogP contribution is -2.46. The Kier molecular flexibility index (Phi) is 6.23. The molecule has 2 aliphatic rings. The van der Waals surface area contributed by atoms with Gasteiger partial charge in [0.05, 0.1) is 0 Å². The average molecular weight is 469 g/mol. The van der Waals surface area contributed by atoms with E-state index in [-0.39, 0.29) is 6.54 Å². The number of anilines is 2. The van der Waals surface area contributed by atoms with Crippen LogP contribution in [0.4, 0.5) is 16.2 Å². The van der Waals surface area contributed by atoms with E-state index in [1.165, 1.54) is 12.8 Å². The summed E-state index contributed by atoms with van der Waals surface area (Å²) in [4.78, 5) is 42.8. The molecule has 2 N–H and O–H groups in total. The average Bonchev–Trinajstić information content (AvgIpc) is 3.50. The molecule has 178 valence electrons. The highest BCUT2D eigenvalue weighted by Crippen LogP contribution is 2.33. The van der Waals surface area contributed by atoms with Crippen molar-refractivity contribution < 1.29 is 14.4 Å². The third-order valence-electron chi connectivity index (χ3n) is 6.68. The van der Waals surface area contributed by atoms with Crippen LogP contribution in [0.25, 0.3) is 0 Å². The van der Waals surface area contributed by atoms with E-state index >= 15 is 0 Å². The smallest absolute Gasteiger partial charge is 0.325 e. The van der Waals surface area contributed by atoms with Gasteiger partial charge in [0.2, 0.25) is 5.91 Å². The molecule has 1 unspecified atom stereocenters. The van der Waals surface area contributed by atoms with E-state index in [0.717, 1.165) is 29.2 Å². The van der Waals surface area contributed by atoms with Crippen LogP contribution in [0.5, 0.6) is 0 Å². The Labute approximate surface area is 204 Å². The molecular formula is C28H28N4O3. The number of nitrogens with zero attached hydrogens (tertiary/aromatic N) is 2. The Morgan fingerprint density at radius 3 is 2.14 bits per heavy atom. The Hall–Kier alpha value is -4.13. The summed E-state index contributed by atoms with van der Waals surface area (Å²) >= 11 is 0. The number of amides is 4. The van der Waals surface area contributed by atoms with Crippen LogP contribution in [0.15, 0.2) is 84.9 Å². The quantitative estimate of drug-likeness (QED) is 0.515. The van der Waals surface area contributed by atoms with Gasteiger partial charge in [0, 0.05) is 30.9 Å². The zero-order chi connectivity index (χ0) is 24.3. The molecule has 0 aromatic heterocycles. The van der Waals surface area contributed by atoms with Crippen molar-refractivity contribution in [3.05, 3.63) is 96.1 Å². The summed E-state index contributed by atoms with van der Waals surface area (Å²) in [6.07, 6.45) is 2.68. The zero-order valence-electron chi connectivity index (χ0n) is 19.4. The lowest BCUT2D eigenvalue weighted by molar-refractivity contribution is -0.134. The first-order valence-electron chi connectivity index (χ1n) is 11.9. The van der Waals surface area contributed by atoms with Gasteiger partial charge < -0.3 is 15.5 Å². The number of carbonyl (C=O) groups is 3. The van der Waals surface area contributed by atoms with Gasteiger partial charge in [0.25, 0.3) is 5.91 Å². The minimum absolute atomic E-state index is 0.290. The molecule has 7 heteroatoms. The fourth-order valence-corrected chi connectivity index (χ4v) is 4.89. The van der Waals surface area contributed by atoms with Gasteiger partial charge in [0.1, 0.15) is 6.54 Å². The number of nitrogens with one attached hydrogen (secondary N) is 2. The molecule has 0 aliphatic carbocycles. The first kappa shape index (κ1) is 22.7. The van der Waals surface area contributed by atoms with Crippen LogP contribution in [0.3, 0.4) is 0 Å². The predicted molar refractivity (Wildman–Crippen MR) is 135 cm³/mol. The Morgan fingerprint density at radius 2 is 1.49 bits per heavy atom. The van der Waals surface area contributed by atoms with Gasteiger partial charge in [0.15, 0.2) is 5.54 Å². The van der Waals surface area contributed by atoms with Gasteiger partial charge in [-0.15, -0.1) is 0 Å². The molecule has 2 heterocycles. The second-order valence-corrected chi connectivity index (χ2v) is 9.04. The normalized spacial score (nSPS) is 19.7. The molecule has 5 rings (SSSR count). The number of urea groups is 1. The number of hydrogen-bond donors (Lipinski definition) is 2. The zero-order valence-corrected chi connectivity index (χ0v) is 19.4. The molecule has 35 heavy (non-hydrogen) atoms. The maximum absolute atomic E-state index is 13.7. The van der Waals surface area contributed by atoms with E-state index in [4.69, 9.17) is 0 Å². The molecule has 3 aromatic rings. The Balaban J connectivity index is 1.32. The van der Waals surface area contributed by atoms with E-state index in [1.54, 1.807) is 0 Å². The molecule has 2 fully saturated rings. The first-order valence-corrected chi connectivity index (χ1v) is 11.9. The van der Waals surface area contributed by atoms with Crippen LogP contribution in [0, 0.1) is 0 Å². The van der Waals surface area contributed by atoms with Crippen molar-refractivity contribution in [1.29, 1.82) is 0 Å². The van der Waals surface area contributed by atoms with E-state index in [1.807, 2.05) is 84.9 Å². The molecule has 0 saturated carbocycles. The SMILES string of the molecule is O=C(CN1C(=O)NC(Cc2ccccc2)(c2ccccc2)C1=O)Nc1ccc(N2CCCC2)cc1. The molecule has 4 amide bonds. The molecule has 1 atom stereocenters. The van der Waals surface area contributed by atoms with Crippen LogP contribution in [-0.4, -0.2) is 42.4 Å². The second kappa shape index (κ2) is 9.62. The third kappa shape index (κ3) is 4.62. The lowest BCUT2D eigenvalue weighted by Gasteiger charge is -2.27. The van der Waals surface area contributed by atoms with Crippen molar-refractivity contribution in [3.63, 3.8) is 0 Å². The minimum atomic E-state index is -1.27. The van der Waals surface area contributed by atoms with Gasteiger partial charge in [-0.3, -0.25) is 14.5 Å². The molecule has 0 radical (unpaired) electrons. The predicted octanol–water partition coefficient (Wildman–Crippen LogP) is 3.92. The van der Waals surface area contributed by atoms with E-state index < -0.39 is 23.4 Å². The van der Waals surface area contributed by atoms with Gasteiger partial charge in [-0.05, 0) is 48.2 Å². The number of carbonyl (C=O) groups excluding carboxylic acids is 3. The number of rotatable bonds is 7. The minimum Gasteiger partial charge on any atom is -0.372 e. The fourth-order valence-electron chi connectivity index (χ4n) is 4.89. The molecule has 2 aliphatic heterocycles. The van der Waals surface area contributed by atoms with Gasteiger partial charge in [-0.1, -0.05) is 60.7 Å². The number of benzene rings is 3. The van der Waals surface area contributed by atoms with Crippen LogP contribution in [0.2, 0.25) is 0 Å². The first-order chi connectivity index (χ1) is 17.0. The van der Waals surface area contributed by atoms with Gasteiger partial charge in [-0.2, -0.15) is 0 Å². The Bertz CT molecular complexity index is 1210. The number of hydrogen-bond acceptors (Lipinski definition) is 4. The summed E-state index contributed by atoms with van der Waals surface area (Å²) in [5.74, 6) is -0.858. The number of imide groups is 1. The van der Waals surface area contributed by atoms with E-state index in [2.05, 4.69) is 15.5 Å². The highest BCUT2D eigenvalue weighted by Gasteiger charge is 2.52. The summed E-state index contributed by atoms with van der Waals surface area (Å²) in [6, 6.07) is 25.8. The maximum Gasteiger partial charge on any atom is 0.325 e. The van der Waals surface area contributed by atoms with Crippen molar-refractivity contribution in [1.82, 2.24) is 10.2 Å². The molecular weight excluding hydrogens is 440 g/mol. The fraction of sp³-hybridized carbons (Fsp3) is 0.250. The summed E-state index contributed by atoms with van der Waals surface area (Å²) in [5.41, 5.74) is 2.08. The summed E-state index contributed by atoms with van der Waals surface area (Å²) < 4.78 is 0. The molecule has 7 nitrogen and oxygen atoms in total. The second-order valence-electron chi connectivity index (χ2n) is 9.04. The van der Waals surface area contributed by atoms with Crippen LogP contribution in [-0.2, 0) is 21.5 Å². The summed E-state index contributed by atoms with van der Waals surface area (Å²) in [5, 5.41) is 5.71. The topological polar surface area (TPSA) is 81.8 Å². The van der Waals surface area contributed by atoms with E-state index in [9.17, 15) is 14.4 Å². The van der Waals surface area contributed by atoms with Gasteiger partial charge >= 0.3 is 6.03 Å². The van der Waals surface area contributed by atoms with Crippen molar-refractivity contribution in [2.24, 2.45) is 0 Å².